The third-order valence-electron chi connectivity index (χ3n) is 3.73. The molecule has 0 aliphatic rings. The minimum absolute atomic E-state index is 0.119. The second kappa shape index (κ2) is 8.37. The molecule has 0 saturated heterocycles. The Morgan fingerprint density at radius 3 is 2.43 bits per heavy atom. The number of anilines is 1. The highest BCUT2D eigenvalue weighted by atomic mass is 16.5. The van der Waals surface area contributed by atoms with Gasteiger partial charge in [0.2, 0.25) is 0 Å². The monoisotopic (exact) mass is 311 g/mol. The number of carbonyl (C=O) groups is 1. The van der Waals surface area contributed by atoms with Crippen LogP contribution in [0.2, 0.25) is 0 Å². The summed E-state index contributed by atoms with van der Waals surface area (Å²) in [6, 6.07) is 15.3. The summed E-state index contributed by atoms with van der Waals surface area (Å²) in [4.78, 5) is 12.4. The summed E-state index contributed by atoms with van der Waals surface area (Å²) in [7, 11) is 0. The first kappa shape index (κ1) is 17.1. The zero-order chi connectivity index (χ0) is 16.7. The Kier molecular flexibility index (Phi) is 6.21. The normalized spacial score (nSPS) is 10.6. The second-order valence-electron chi connectivity index (χ2n) is 5.93. The van der Waals surface area contributed by atoms with Crippen molar-refractivity contribution in [1.82, 2.24) is 0 Å². The molecule has 0 aromatic heterocycles. The van der Waals surface area contributed by atoms with Gasteiger partial charge in [-0.15, -0.1) is 0 Å². The predicted octanol–water partition coefficient (Wildman–Crippen LogP) is 5.24. The molecule has 1 amide bonds. The average Bonchev–Trinajstić information content (AvgIpc) is 2.56. The SMILES string of the molecule is CCCCOc1ccccc1NC(=O)c1ccc(C(C)C)cc1. The molecule has 0 radical (unpaired) electrons. The van der Waals surface area contributed by atoms with Crippen LogP contribution >= 0.6 is 0 Å². The van der Waals surface area contributed by atoms with Crippen molar-refractivity contribution in [1.29, 1.82) is 0 Å². The zero-order valence-corrected chi connectivity index (χ0v) is 14.1. The Morgan fingerprint density at radius 2 is 1.78 bits per heavy atom. The molecule has 0 aliphatic heterocycles. The van der Waals surface area contributed by atoms with Gasteiger partial charge in [0.1, 0.15) is 5.75 Å². The quantitative estimate of drug-likeness (QED) is 0.710. The Bertz CT molecular complexity index is 632. The van der Waals surface area contributed by atoms with Gasteiger partial charge in [0.05, 0.1) is 12.3 Å². The molecule has 122 valence electrons. The van der Waals surface area contributed by atoms with Crippen molar-refractivity contribution in [3.8, 4) is 5.75 Å². The van der Waals surface area contributed by atoms with E-state index in [0.29, 0.717) is 29.5 Å². The Morgan fingerprint density at radius 1 is 1.09 bits per heavy atom. The third kappa shape index (κ3) is 4.85. The van der Waals surface area contributed by atoms with E-state index in [1.54, 1.807) is 0 Å². The largest absolute Gasteiger partial charge is 0.491 e. The molecule has 0 heterocycles. The van der Waals surface area contributed by atoms with Gasteiger partial charge < -0.3 is 10.1 Å². The van der Waals surface area contributed by atoms with Crippen molar-refractivity contribution in [2.45, 2.75) is 39.5 Å². The van der Waals surface area contributed by atoms with Crippen LogP contribution in [0.4, 0.5) is 5.69 Å². The van der Waals surface area contributed by atoms with E-state index < -0.39 is 0 Å². The Hall–Kier alpha value is -2.29. The fourth-order valence-electron chi connectivity index (χ4n) is 2.24. The van der Waals surface area contributed by atoms with E-state index in [1.165, 1.54) is 5.56 Å². The maximum Gasteiger partial charge on any atom is 0.255 e. The van der Waals surface area contributed by atoms with E-state index >= 15 is 0 Å². The van der Waals surface area contributed by atoms with Crippen LogP contribution in [0.3, 0.4) is 0 Å². The average molecular weight is 311 g/mol. The van der Waals surface area contributed by atoms with Crippen LogP contribution in [0.25, 0.3) is 0 Å². The van der Waals surface area contributed by atoms with Crippen molar-refractivity contribution in [3.05, 3.63) is 59.7 Å². The summed E-state index contributed by atoms with van der Waals surface area (Å²) in [5, 5.41) is 2.94. The summed E-state index contributed by atoms with van der Waals surface area (Å²) in [6.45, 7) is 7.06. The molecular formula is C20H25NO2. The highest BCUT2D eigenvalue weighted by Crippen LogP contribution is 2.25. The topological polar surface area (TPSA) is 38.3 Å². The minimum Gasteiger partial charge on any atom is -0.491 e. The number of carbonyl (C=O) groups excluding carboxylic acids is 1. The van der Waals surface area contributed by atoms with Crippen molar-refractivity contribution in [3.63, 3.8) is 0 Å². The molecule has 2 aromatic carbocycles. The lowest BCUT2D eigenvalue weighted by atomic mass is 10.0. The molecule has 0 aliphatic carbocycles. The van der Waals surface area contributed by atoms with E-state index in [4.69, 9.17) is 4.74 Å². The third-order valence-corrected chi connectivity index (χ3v) is 3.73. The number of rotatable bonds is 7. The van der Waals surface area contributed by atoms with Gasteiger partial charge in [-0.05, 0) is 42.2 Å². The summed E-state index contributed by atoms with van der Waals surface area (Å²) in [6.07, 6.45) is 2.08. The molecule has 3 heteroatoms. The highest BCUT2D eigenvalue weighted by Gasteiger charge is 2.10. The van der Waals surface area contributed by atoms with Crippen LogP contribution in [0.15, 0.2) is 48.5 Å². The van der Waals surface area contributed by atoms with Crippen LogP contribution in [-0.4, -0.2) is 12.5 Å². The van der Waals surface area contributed by atoms with Gasteiger partial charge in [-0.25, -0.2) is 0 Å². The molecule has 0 saturated carbocycles. The lowest BCUT2D eigenvalue weighted by Gasteiger charge is -2.12. The van der Waals surface area contributed by atoms with Gasteiger partial charge in [-0.1, -0.05) is 51.5 Å². The highest BCUT2D eigenvalue weighted by molar-refractivity contribution is 6.05. The second-order valence-corrected chi connectivity index (χ2v) is 5.93. The van der Waals surface area contributed by atoms with Gasteiger partial charge in [0.25, 0.3) is 5.91 Å². The molecule has 3 nitrogen and oxygen atoms in total. The molecule has 0 spiro atoms. The first-order valence-corrected chi connectivity index (χ1v) is 8.25. The van der Waals surface area contributed by atoms with Gasteiger partial charge >= 0.3 is 0 Å². The van der Waals surface area contributed by atoms with E-state index in [1.807, 2.05) is 48.5 Å². The van der Waals surface area contributed by atoms with Crippen molar-refractivity contribution < 1.29 is 9.53 Å². The Labute approximate surface area is 138 Å². The molecule has 0 unspecified atom stereocenters. The number of nitrogens with one attached hydrogen (secondary N) is 1. The number of hydrogen-bond donors (Lipinski definition) is 1. The fraction of sp³-hybridized carbons (Fsp3) is 0.350. The lowest BCUT2D eigenvalue weighted by Crippen LogP contribution is -2.13. The molecule has 0 atom stereocenters. The number of amides is 1. The maximum absolute atomic E-state index is 12.4. The predicted molar refractivity (Wildman–Crippen MR) is 95.3 cm³/mol. The van der Waals surface area contributed by atoms with E-state index in [0.717, 1.165) is 12.8 Å². The molecule has 23 heavy (non-hydrogen) atoms. The number of para-hydroxylation sites is 2. The lowest BCUT2D eigenvalue weighted by molar-refractivity contribution is 0.102. The maximum atomic E-state index is 12.4. The van der Waals surface area contributed by atoms with Gasteiger partial charge in [-0.2, -0.15) is 0 Å². The van der Waals surface area contributed by atoms with Crippen molar-refractivity contribution >= 4 is 11.6 Å². The standard InChI is InChI=1S/C20H25NO2/c1-4-5-14-23-19-9-7-6-8-18(19)21-20(22)17-12-10-16(11-13-17)15(2)3/h6-13,15H,4-5,14H2,1-3H3,(H,21,22). The van der Waals surface area contributed by atoms with E-state index in [-0.39, 0.29) is 5.91 Å². The van der Waals surface area contributed by atoms with Gasteiger partial charge in [-0.3, -0.25) is 4.79 Å². The fourth-order valence-corrected chi connectivity index (χ4v) is 2.24. The minimum atomic E-state index is -0.119. The van der Waals surface area contributed by atoms with Crippen LogP contribution in [0.1, 0.15) is 55.5 Å². The molecule has 0 fully saturated rings. The number of hydrogen-bond acceptors (Lipinski definition) is 2. The molecule has 0 bridgehead atoms. The first-order chi connectivity index (χ1) is 11.1. The summed E-state index contributed by atoms with van der Waals surface area (Å²) >= 11 is 0. The number of benzene rings is 2. The van der Waals surface area contributed by atoms with Crippen LogP contribution in [0.5, 0.6) is 5.75 Å². The summed E-state index contributed by atoms with van der Waals surface area (Å²) < 4.78 is 5.75. The molecule has 2 aromatic rings. The zero-order valence-electron chi connectivity index (χ0n) is 14.1. The van der Waals surface area contributed by atoms with Crippen LogP contribution in [0, 0.1) is 0 Å². The van der Waals surface area contributed by atoms with Crippen molar-refractivity contribution in [2.24, 2.45) is 0 Å². The smallest absolute Gasteiger partial charge is 0.255 e. The van der Waals surface area contributed by atoms with Gasteiger partial charge in [0.15, 0.2) is 0 Å². The molecule has 2 rings (SSSR count). The van der Waals surface area contributed by atoms with Crippen LogP contribution < -0.4 is 10.1 Å². The van der Waals surface area contributed by atoms with Crippen LogP contribution in [-0.2, 0) is 0 Å². The summed E-state index contributed by atoms with van der Waals surface area (Å²) in [5.74, 6) is 1.06. The number of ether oxygens (including phenoxy) is 1. The van der Waals surface area contributed by atoms with E-state index in [9.17, 15) is 4.79 Å². The van der Waals surface area contributed by atoms with Gasteiger partial charge in [0, 0.05) is 5.56 Å². The van der Waals surface area contributed by atoms with Crippen molar-refractivity contribution in [2.75, 3.05) is 11.9 Å². The number of unbranched alkanes of at least 4 members (excludes halogenated alkanes) is 1. The van der Waals surface area contributed by atoms with E-state index in [2.05, 4.69) is 26.1 Å². The first-order valence-electron chi connectivity index (χ1n) is 8.25. The molecular weight excluding hydrogens is 286 g/mol. The Balaban J connectivity index is 2.07. The summed E-state index contributed by atoms with van der Waals surface area (Å²) in [5.41, 5.74) is 2.59. The molecule has 1 N–H and O–H groups in total.